The molecule has 1 atom stereocenters. The van der Waals surface area contributed by atoms with E-state index in [0.29, 0.717) is 12.5 Å². The minimum Gasteiger partial charge on any atom is -0.484 e. The molecule has 19 heavy (non-hydrogen) atoms. The average Bonchev–Trinajstić information content (AvgIpc) is 3.17. The van der Waals surface area contributed by atoms with E-state index >= 15 is 0 Å². The van der Waals surface area contributed by atoms with Crippen LogP contribution in [0.1, 0.15) is 18.4 Å². The number of carbonyl (C=O) groups is 1. The summed E-state index contributed by atoms with van der Waals surface area (Å²) in [6.07, 6.45) is 2.38. The number of hydrogen-bond donors (Lipinski definition) is 2. The Balaban J connectivity index is 0.00000180. The Morgan fingerprint density at radius 3 is 2.89 bits per heavy atom. The number of ether oxygens (including phenoxy) is 1. The van der Waals surface area contributed by atoms with Gasteiger partial charge in [0, 0.05) is 12.6 Å². The third kappa shape index (κ3) is 5.49. The zero-order valence-corrected chi connectivity index (χ0v) is 11.9. The van der Waals surface area contributed by atoms with E-state index in [0.717, 1.165) is 11.3 Å². The molecule has 0 spiro atoms. The van der Waals surface area contributed by atoms with Gasteiger partial charge in [-0.25, -0.2) is 0 Å². The summed E-state index contributed by atoms with van der Waals surface area (Å²) >= 11 is 0. The normalized spacial score (nSPS) is 15.3. The van der Waals surface area contributed by atoms with Gasteiger partial charge in [0.25, 0.3) is 5.91 Å². The second-order valence-corrected chi connectivity index (χ2v) is 4.91. The molecular formula is C14H21ClN2O2. The van der Waals surface area contributed by atoms with Crippen molar-refractivity contribution in [1.29, 1.82) is 0 Å². The van der Waals surface area contributed by atoms with Crippen LogP contribution in [0.4, 0.5) is 0 Å². The Bertz CT molecular complexity index is 422. The monoisotopic (exact) mass is 284 g/mol. The Kier molecular flexibility index (Phi) is 6.12. The average molecular weight is 285 g/mol. The molecule has 0 aromatic heterocycles. The van der Waals surface area contributed by atoms with Gasteiger partial charge in [-0.05, 0) is 43.4 Å². The predicted octanol–water partition coefficient (Wildman–Crippen LogP) is 1.65. The topological polar surface area (TPSA) is 64.3 Å². The molecule has 1 fully saturated rings. The lowest BCUT2D eigenvalue weighted by molar-refractivity contribution is -0.123. The summed E-state index contributed by atoms with van der Waals surface area (Å²) < 4.78 is 5.40. The van der Waals surface area contributed by atoms with Crippen LogP contribution in [0.5, 0.6) is 5.75 Å². The molecule has 5 heteroatoms. The minimum atomic E-state index is -0.118. The first-order valence-electron chi connectivity index (χ1n) is 6.37. The molecule has 1 aliphatic rings. The van der Waals surface area contributed by atoms with Crippen molar-refractivity contribution in [1.82, 2.24) is 5.32 Å². The Hall–Kier alpha value is -1.26. The van der Waals surface area contributed by atoms with E-state index in [1.807, 2.05) is 31.2 Å². The molecule has 0 heterocycles. The Morgan fingerprint density at radius 1 is 1.53 bits per heavy atom. The number of halogens is 1. The number of nitrogens with two attached hydrogens (primary N) is 1. The Labute approximate surface area is 120 Å². The summed E-state index contributed by atoms with van der Waals surface area (Å²) in [7, 11) is 0. The van der Waals surface area contributed by atoms with Gasteiger partial charge in [-0.3, -0.25) is 4.79 Å². The molecule has 0 aliphatic heterocycles. The highest BCUT2D eigenvalue weighted by Gasteiger charge is 2.28. The fraction of sp³-hybridized carbons (Fsp3) is 0.500. The predicted molar refractivity (Wildman–Crippen MR) is 77.6 cm³/mol. The molecule has 1 unspecified atom stereocenters. The standard InChI is InChI=1S/C14H20N2O2.ClH/c1-10-3-2-4-12(7-10)18-9-14(17)16-8-13(15)11-5-6-11;/h2-4,7,11,13H,5-6,8-9,15H2,1H3,(H,16,17);1H. The van der Waals surface area contributed by atoms with Gasteiger partial charge in [0.1, 0.15) is 5.75 Å². The molecule has 0 saturated heterocycles. The van der Waals surface area contributed by atoms with E-state index < -0.39 is 0 Å². The number of benzene rings is 1. The fourth-order valence-corrected chi connectivity index (χ4v) is 1.83. The van der Waals surface area contributed by atoms with Crippen LogP contribution in [0, 0.1) is 12.8 Å². The van der Waals surface area contributed by atoms with Gasteiger partial charge in [0.05, 0.1) is 0 Å². The molecule has 1 amide bonds. The lowest BCUT2D eigenvalue weighted by Gasteiger charge is -2.12. The molecule has 1 aromatic rings. The summed E-state index contributed by atoms with van der Waals surface area (Å²) in [6, 6.07) is 7.74. The lowest BCUT2D eigenvalue weighted by Crippen LogP contribution is -2.40. The van der Waals surface area contributed by atoms with Crippen LogP contribution in [-0.2, 0) is 4.79 Å². The third-order valence-corrected chi connectivity index (χ3v) is 3.12. The minimum absolute atomic E-state index is 0. The zero-order chi connectivity index (χ0) is 13.0. The van der Waals surface area contributed by atoms with Gasteiger partial charge >= 0.3 is 0 Å². The van der Waals surface area contributed by atoms with Crippen LogP contribution in [0.25, 0.3) is 0 Å². The van der Waals surface area contributed by atoms with Crippen molar-refractivity contribution < 1.29 is 9.53 Å². The van der Waals surface area contributed by atoms with Crippen LogP contribution in [0.2, 0.25) is 0 Å². The molecule has 0 bridgehead atoms. The first-order valence-corrected chi connectivity index (χ1v) is 6.37. The van der Waals surface area contributed by atoms with Crippen molar-refractivity contribution in [2.24, 2.45) is 11.7 Å². The van der Waals surface area contributed by atoms with Crippen molar-refractivity contribution in [2.75, 3.05) is 13.2 Å². The summed E-state index contributed by atoms with van der Waals surface area (Å²) in [5, 5.41) is 2.80. The Morgan fingerprint density at radius 2 is 2.26 bits per heavy atom. The number of amides is 1. The van der Waals surface area contributed by atoms with E-state index in [9.17, 15) is 4.79 Å². The van der Waals surface area contributed by atoms with Gasteiger partial charge in [0.2, 0.25) is 0 Å². The second-order valence-electron chi connectivity index (χ2n) is 4.91. The first kappa shape index (κ1) is 15.8. The highest BCUT2D eigenvalue weighted by molar-refractivity contribution is 5.85. The SMILES string of the molecule is Cc1cccc(OCC(=O)NCC(N)C2CC2)c1.Cl. The smallest absolute Gasteiger partial charge is 0.257 e. The van der Waals surface area contributed by atoms with Crippen molar-refractivity contribution >= 4 is 18.3 Å². The number of rotatable bonds is 6. The quantitative estimate of drug-likeness (QED) is 0.835. The molecular weight excluding hydrogens is 264 g/mol. The maximum absolute atomic E-state index is 11.6. The number of carbonyl (C=O) groups excluding carboxylic acids is 1. The third-order valence-electron chi connectivity index (χ3n) is 3.12. The van der Waals surface area contributed by atoms with E-state index in [1.54, 1.807) is 0 Å². The summed E-state index contributed by atoms with van der Waals surface area (Å²) in [6.45, 7) is 2.57. The highest BCUT2D eigenvalue weighted by atomic mass is 35.5. The van der Waals surface area contributed by atoms with Crippen LogP contribution < -0.4 is 15.8 Å². The summed E-state index contributed by atoms with van der Waals surface area (Å²) in [5.74, 6) is 1.20. The maximum Gasteiger partial charge on any atom is 0.257 e. The number of aryl methyl sites for hydroxylation is 1. The van der Waals surface area contributed by atoms with Gasteiger partial charge in [-0.1, -0.05) is 12.1 Å². The van der Waals surface area contributed by atoms with Gasteiger partial charge < -0.3 is 15.8 Å². The molecule has 4 nitrogen and oxygen atoms in total. The molecule has 2 rings (SSSR count). The number of nitrogens with one attached hydrogen (secondary N) is 1. The molecule has 106 valence electrons. The van der Waals surface area contributed by atoms with Gasteiger partial charge in [0.15, 0.2) is 6.61 Å². The number of hydrogen-bond acceptors (Lipinski definition) is 3. The van der Waals surface area contributed by atoms with E-state index in [4.69, 9.17) is 10.5 Å². The zero-order valence-electron chi connectivity index (χ0n) is 11.1. The van der Waals surface area contributed by atoms with E-state index in [1.165, 1.54) is 12.8 Å². The van der Waals surface area contributed by atoms with Crippen molar-refractivity contribution in [3.63, 3.8) is 0 Å². The molecule has 1 saturated carbocycles. The molecule has 1 aromatic carbocycles. The van der Waals surface area contributed by atoms with Gasteiger partial charge in [-0.2, -0.15) is 0 Å². The van der Waals surface area contributed by atoms with Gasteiger partial charge in [-0.15, -0.1) is 12.4 Å². The fourth-order valence-electron chi connectivity index (χ4n) is 1.83. The van der Waals surface area contributed by atoms with E-state index in [2.05, 4.69) is 5.32 Å². The lowest BCUT2D eigenvalue weighted by atomic mass is 10.2. The second kappa shape index (κ2) is 7.36. The maximum atomic E-state index is 11.6. The largest absolute Gasteiger partial charge is 0.484 e. The first-order chi connectivity index (χ1) is 8.65. The van der Waals surface area contributed by atoms with E-state index in [-0.39, 0.29) is 31.0 Å². The summed E-state index contributed by atoms with van der Waals surface area (Å²) in [4.78, 5) is 11.6. The molecule has 1 aliphatic carbocycles. The van der Waals surface area contributed by atoms with Crippen LogP contribution >= 0.6 is 12.4 Å². The van der Waals surface area contributed by atoms with Crippen molar-refractivity contribution in [3.8, 4) is 5.75 Å². The van der Waals surface area contributed by atoms with Crippen LogP contribution in [0.3, 0.4) is 0 Å². The van der Waals surface area contributed by atoms with Crippen LogP contribution in [-0.4, -0.2) is 25.1 Å². The van der Waals surface area contributed by atoms with Crippen LogP contribution in [0.15, 0.2) is 24.3 Å². The summed E-state index contributed by atoms with van der Waals surface area (Å²) in [5.41, 5.74) is 7.01. The molecule has 0 radical (unpaired) electrons. The van der Waals surface area contributed by atoms with Crippen molar-refractivity contribution in [2.45, 2.75) is 25.8 Å². The van der Waals surface area contributed by atoms with Crippen molar-refractivity contribution in [3.05, 3.63) is 29.8 Å². The molecule has 3 N–H and O–H groups in total. The highest BCUT2D eigenvalue weighted by Crippen LogP contribution is 2.31.